The molecule has 1 aliphatic carbocycles. The first-order valence-corrected chi connectivity index (χ1v) is 10.6. The lowest BCUT2D eigenvalue weighted by atomic mass is 9.84. The standard InChI is InChI=1S/C21H28ClN3O2/c22-17-8-6-16(7-9-17)13-24-10-11-25-19(14-24)20(26)23-18(21(25)27)12-15-4-2-1-3-5-15/h6-9,15,18-19H,1-5,10-14H2,(H,23,26)/t18-,19+/m0/s1. The van der Waals surface area contributed by atoms with E-state index in [1.54, 1.807) is 0 Å². The van der Waals surface area contributed by atoms with E-state index in [-0.39, 0.29) is 23.9 Å². The van der Waals surface area contributed by atoms with Gasteiger partial charge in [-0.25, -0.2) is 0 Å². The van der Waals surface area contributed by atoms with Crippen LogP contribution in [0.25, 0.3) is 0 Å². The SMILES string of the molecule is O=C1N[C@@H](CC2CCCCC2)C(=O)N2CCN(Cc3ccc(Cl)cc3)C[C@H]12. The molecule has 2 amide bonds. The van der Waals surface area contributed by atoms with E-state index in [1.165, 1.54) is 37.7 Å². The molecule has 2 aliphatic heterocycles. The molecule has 2 atom stereocenters. The first-order valence-electron chi connectivity index (χ1n) is 10.2. The number of carbonyl (C=O) groups excluding carboxylic acids is 2. The predicted octanol–water partition coefficient (Wildman–Crippen LogP) is 2.82. The van der Waals surface area contributed by atoms with Gasteiger partial charge in [0, 0.05) is 31.2 Å². The molecule has 6 heteroatoms. The van der Waals surface area contributed by atoms with Crippen LogP contribution in [0.1, 0.15) is 44.1 Å². The summed E-state index contributed by atoms with van der Waals surface area (Å²) in [5.41, 5.74) is 1.17. The molecule has 2 heterocycles. The maximum absolute atomic E-state index is 13.0. The highest BCUT2D eigenvalue weighted by Gasteiger charge is 2.43. The van der Waals surface area contributed by atoms with Crippen LogP contribution < -0.4 is 5.32 Å². The summed E-state index contributed by atoms with van der Waals surface area (Å²) in [5.74, 6) is 0.711. The molecule has 3 aliphatic rings. The molecule has 0 spiro atoms. The average Bonchev–Trinajstić information content (AvgIpc) is 2.68. The molecule has 146 valence electrons. The minimum atomic E-state index is -0.360. The molecule has 0 bridgehead atoms. The summed E-state index contributed by atoms with van der Waals surface area (Å²) in [4.78, 5) is 29.8. The molecule has 0 aromatic heterocycles. The predicted molar refractivity (Wildman–Crippen MR) is 105 cm³/mol. The van der Waals surface area contributed by atoms with E-state index in [1.807, 2.05) is 29.2 Å². The lowest BCUT2D eigenvalue weighted by Crippen LogP contribution is -2.69. The number of fused-ring (bicyclic) bond motifs is 1. The van der Waals surface area contributed by atoms with E-state index in [0.717, 1.165) is 24.5 Å². The van der Waals surface area contributed by atoms with E-state index in [2.05, 4.69) is 10.2 Å². The van der Waals surface area contributed by atoms with Crippen LogP contribution in [0.5, 0.6) is 0 Å². The minimum Gasteiger partial charge on any atom is -0.342 e. The first-order chi connectivity index (χ1) is 13.1. The van der Waals surface area contributed by atoms with Gasteiger partial charge in [-0.05, 0) is 30.0 Å². The Bertz CT molecular complexity index is 687. The molecular weight excluding hydrogens is 362 g/mol. The van der Waals surface area contributed by atoms with Crippen molar-refractivity contribution in [1.82, 2.24) is 15.1 Å². The molecule has 1 saturated carbocycles. The summed E-state index contributed by atoms with van der Waals surface area (Å²) < 4.78 is 0. The third-order valence-electron chi connectivity index (χ3n) is 6.28. The highest BCUT2D eigenvalue weighted by molar-refractivity contribution is 6.30. The van der Waals surface area contributed by atoms with Crippen LogP contribution >= 0.6 is 11.6 Å². The molecule has 2 saturated heterocycles. The van der Waals surface area contributed by atoms with E-state index < -0.39 is 0 Å². The van der Waals surface area contributed by atoms with Crippen molar-refractivity contribution in [3.63, 3.8) is 0 Å². The van der Waals surface area contributed by atoms with Crippen molar-refractivity contribution in [3.8, 4) is 0 Å². The molecule has 1 N–H and O–H groups in total. The monoisotopic (exact) mass is 389 g/mol. The number of halogens is 1. The molecular formula is C21H28ClN3O2. The zero-order valence-electron chi connectivity index (χ0n) is 15.7. The summed E-state index contributed by atoms with van der Waals surface area (Å²) in [6.45, 7) is 2.80. The maximum Gasteiger partial charge on any atom is 0.245 e. The molecule has 27 heavy (non-hydrogen) atoms. The molecule has 5 nitrogen and oxygen atoms in total. The summed E-state index contributed by atoms with van der Waals surface area (Å²) in [6, 6.07) is 7.13. The van der Waals surface area contributed by atoms with Crippen LogP contribution in [0, 0.1) is 5.92 Å². The van der Waals surface area contributed by atoms with E-state index in [0.29, 0.717) is 19.0 Å². The maximum atomic E-state index is 13.0. The summed E-state index contributed by atoms with van der Waals surface area (Å²) in [6.07, 6.45) is 7.01. The summed E-state index contributed by atoms with van der Waals surface area (Å²) >= 11 is 5.95. The van der Waals surface area contributed by atoms with Crippen molar-refractivity contribution in [2.75, 3.05) is 19.6 Å². The topological polar surface area (TPSA) is 52.7 Å². The summed E-state index contributed by atoms with van der Waals surface area (Å²) in [7, 11) is 0. The zero-order valence-corrected chi connectivity index (χ0v) is 16.5. The Kier molecular flexibility index (Phi) is 5.69. The molecule has 3 fully saturated rings. The van der Waals surface area contributed by atoms with E-state index in [4.69, 9.17) is 11.6 Å². The number of benzene rings is 1. The highest BCUT2D eigenvalue weighted by Crippen LogP contribution is 2.29. The Morgan fingerprint density at radius 2 is 1.78 bits per heavy atom. The van der Waals surface area contributed by atoms with Crippen LogP contribution in [0.2, 0.25) is 5.02 Å². The smallest absolute Gasteiger partial charge is 0.245 e. The van der Waals surface area contributed by atoms with Gasteiger partial charge in [0.15, 0.2) is 0 Å². The van der Waals surface area contributed by atoms with Crippen molar-refractivity contribution in [3.05, 3.63) is 34.9 Å². The largest absolute Gasteiger partial charge is 0.342 e. The molecule has 0 unspecified atom stereocenters. The number of carbonyl (C=O) groups is 2. The van der Waals surface area contributed by atoms with Gasteiger partial charge < -0.3 is 10.2 Å². The lowest BCUT2D eigenvalue weighted by Gasteiger charge is -2.46. The Morgan fingerprint density at radius 1 is 1.04 bits per heavy atom. The van der Waals surface area contributed by atoms with Gasteiger partial charge in [-0.1, -0.05) is 55.8 Å². The quantitative estimate of drug-likeness (QED) is 0.861. The second-order valence-corrected chi connectivity index (χ2v) is 8.65. The molecule has 1 aromatic rings. The van der Waals surface area contributed by atoms with Gasteiger partial charge in [-0.3, -0.25) is 14.5 Å². The van der Waals surface area contributed by atoms with Crippen LogP contribution in [0.3, 0.4) is 0 Å². The van der Waals surface area contributed by atoms with Gasteiger partial charge >= 0.3 is 0 Å². The number of nitrogens with one attached hydrogen (secondary N) is 1. The highest BCUT2D eigenvalue weighted by atomic mass is 35.5. The van der Waals surface area contributed by atoms with Gasteiger partial charge in [0.05, 0.1) is 0 Å². The number of nitrogens with zero attached hydrogens (tertiary/aromatic N) is 2. The number of hydrogen-bond acceptors (Lipinski definition) is 3. The lowest BCUT2D eigenvalue weighted by molar-refractivity contribution is -0.153. The van der Waals surface area contributed by atoms with Crippen molar-refractivity contribution in [2.24, 2.45) is 5.92 Å². The van der Waals surface area contributed by atoms with Crippen LogP contribution in [0.4, 0.5) is 0 Å². The molecule has 1 aromatic carbocycles. The van der Waals surface area contributed by atoms with Gasteiger partial charge in [-0.15, -0.1) is 0 Å². The Labute approximate surface area is 166 Å². The zero-order chi connectivity index (χ0) is 18.8. The Balaban J connectivity index is 1.37. The Morgan fingerprint density at radius 3 is 2.52 bits per heavy atom. The fraction of sp³-hybridized carbons (Fsp3) is 0.619. The number of piperazine rings is 2. The van der Waals surface area contributed by atoms with Crippen molar-refractivity contribution in [1.29, 1.82) is 0 Å². The van der Waals surface area contributed by atoms with Crippen LogP contribution in [0.15, 0.2) is 24.3 Å². The molecule has 0 radical (unpaired) electrons. The average molecular weight is 390 g/mol. The van der Waals surface area contributed by atoms with Crippen LogP contribution in [-0.2, 0) is 16.1 Å². The van der Waals surface area contributed by atoms with Crippen molar-refractivity contribution < 1.29 is 9.59 Å². The van der Waals surface area contributed by atoms with Crippen molar-refractivity contribution in [2.45, 2.75) is 57.2 Å². The van der Waals surface area contributed by atoms with Gasteiger partial charge in [0.2, 0.25) is 11.8 Å². The van der Waals surface area contributed by atoms with Crippen LogP contribution in [-0.4, -0.2) is 53.3 Å². The van der Waals surface area contributed by atoms with E-state index in [9.17, 15) is 9.59 Å². The van der Waals surface area contributed by atoms with Gasteiger partial charge in [0.25, 0.3) is 0 Å². The third-order valence-corrected chi connectivity index (χ3v) is 6.53. The summed E-state index contributed by atoms with van der Waals surface area (Å²) in [5, 5.41) is 3.76. The Hall–Kier alpha value is -1.59. The fourth-order valence-corrected chi connectivity index (χ4v) is 4.89. The van der Waals surface area contributed by atoms with Gasteiger partial charge in [-0.2, -0.15) is 0 Å². The third kappa shape index (κ3) is 4.30. The number of rotatable bonds is 4. The number of amides is 2. The van der Waals surface area contributed by atoms with Gasteiger partial charge in [0.1, 0.15) is 12.1 Å². The first kappa shape index (κ1) is 18.8. The normalized spacial score (nSPS) is 27.4. The van der Waals surface area contributed by atoms with Crippen molar-refractivity contribution >= 4 is 23.4 Å². The molecule has 4 rings (SSSR count). The fourth-order valence-electron chi connectivity index (χ4n) is 4.77. The van der Waals surface area contributed by atoms with E-state index >= 15 is 0 Å². The second-order valence-electron chi connectivity index (χ2n) is 8.21. The minimum absolute atomic E-state index is 0.0104. The second kappa shape index (κ2) is 8.19. The number of hydrogen-bond donors (Lipinski definition) is 1.